The predicted octanol–water partition coefficient (Wildman–Crippen LogP) is 3.16. The van der Waals surface area contributed by atoms with Crippen LogP contribution in [0.3, 0.4) is 0 Å². The van der Waals surface area contributed by atoms with Crippen molar-refractivity contribution in [1.29, 1.82) is 0 Å². The zero-order valence-electron chi connectivity index (χ0n) is 17.0. The van der Waals surface area contributed by atoms with Crippen LogP contribution in [0, 0.1) is 0 Å². The van der Waals surface area contributed by atoms with Crippen molar-refractivity contribution in [3.05, 3.63) is 59.2 Å². The number of methoxy groups -OCH3 is 2. The molecule has 28 heavy (non-hydrogen) atoms. The molecule has 1 N–H and O–H groups in total. The molecule has 0 aliphatic rings. The van der Waals surface area contributed by atoms with Gasteiger partial charge < -0.3 is 19.7 Å². The minimum atomic E-state index is -0.165. The van der Waals surface area contributed by atoms with Crippen LogP contribution in [0.5, 0.6) is 11.5 Å². The number of hydrogen-bond acceptors (Lipinski definition) is 4. The molecule has 0 saturated carbocycles. The molecular formula is C22H28N2O4. The lowest BCUT2D eigenvalue weighted by molar-refractivity contribution is 0.0772. The second-order valence-electron chi connectivity index (χ2n) is 6.25. The summed E-state index contributed by atoms with van der Waals surface area (Å²) >= 11 is 0. The van der Waals surface area contributed by atoms with Gasteiger partial charge in [-0.25, -0.2) is 0 Å². The molecule has 0 fully saturated rings. The quantitative estimate of drug-likeness (QED) is 0.721. The summed E-state index contributed by atoms with van der Waals surface area (Å²) < 4.78 is 10.5. The summed E-state index contributed by atoms with van der Waals surface area (Å²) in [5, 5.41) is 2.90. The fourth-order valence-corrected chi connectivity index (χ4v) is 2.92. The Balaban J connectivity index is 1.92. The van der Waals surface area contributed by atoms with Crippen LogP contribution in [0.25, 0.3) is 0 Å². The molecular weight excluding hydrogens is 356 g/mol. The first-order chi connectivity index (χ1) is 13.5. The van der Waals surface area contributed by atoms with E-state index in [4.69, 9.17) is 9.47 Å². The van der Waals surface area contributed by atoms with E-state index in [9.17, 15) is 9.59 Å². The molecule has 0 bridgehead atoms. The second-order valence-corrected chi connectivity index (χ2v) is 6.25. The van der Waals surface area contributed by atoms with E-state index in [0.29, 0.717) is 48.7 Å². The molecule has 2 aromatic carbocycles. The van der Waals surface area contributed by atoms with Crippen molar-refractivity contribution in [2.75, 3.05) is 33.9 Å². The van der Waals surface area contributed by atoms with E-state index in [1.54, 1.807) is 43.4 Å². The topological polar surface area (TPSA) is 67.9 Å². The van der Waals surface area contributed by atoms with Crippen molar-refractivity contribution < 1.29 is 19.1 Å². The van der Waals surface area contributed by atoms with Gasteiger partial charge in [0.15, 0.2) is 11.5 Å². The lowest BCUT2D eigenvalue weighted by atomic mass is 10.1. The fourth-order valence-electron chi connectivity index (χ4n) is 2.92. The van der Waals surface area contributed by atoms with Crippen LogP contribution in [0.1, 0.15) is 40.1 Å². The lowest BCUT2D eigenvalue weighted by Gasteiger charge is -2.18. The molecule has 6 heteroatoms. The summed E-state index contributed by atoms with van der Waals surface area (Å²) in [6.07, 6.45) is 0.671. The number of nitrogens with zero attached hydrogens (tertiary/aromatic N) is 1. The lowest BCUT2D eigenvalue weighted by Crippen LogP contribution is -2.30. The van der Waals surface area contributed by atoms with Crippen LogP contribution in [0.4, 0.5) is 0 Å². The molecule has 0 heterocycles. The van der Waals surface area contributed by atoms with E-state index in [2.05, 4.69) is 5.32 Å². The number of amides is 2. The molecule has 0 saturated heterocycles. The molecule has 2 rings (SSSR count). The van der Waals surface area contributed by atoms with Crippen molar-refractivity contribution in [3.8, 4) is 11.5 Å². The smallest absolute Gasteiger partial charge is 0.253 e. The molecule has 2 amide bonds. The standard InChI is InChI=1S/C22H28N2O4/c1-5-24(6-2)22(26)18-10-8-17(9-11-18)21(25)23-14-13-16-7-12-19(27-3)20(15-16)28-4/h7-12,15H,5-6,13-14H2,1-4H3,(H,23,25). The van der Waals surface area contributed by atoms with Gasteiger partial charge in [0.2, 0.25) is 0 Å². The first-order valence-electron chi connectivity index (χ1n) is 9.42. The van der Waals surface area contributed by atoms with Crippen LogP contribution in [-0.4, -0.2) is 50.6 Å². The number of benzene rings is 2. The van der Waals surface area contributed by atoms with Gasteiger partial charge in [-0.05, 0) is 62.2 Å². The molecule has 0 aliphatic heterocycles. The number of ether oxygens (including phenoxy) is 2. The molecule has 0 spiro atoms. The first-order valence-corrected chi connectivity index (χ1v) is 9.42. The van der Waals surface area contributed by atoms with Gasteiger partial charge in [-0.2, -0.15) is 0 Å². The van der Waals surface area contributed by atoms with Crippen LogP contribution in [0.2, 0.25) is 0 Å². The maximum atomic E-state index is 12.3. The molecule has 0 atom stereocenters. The van der Waals surface area contributed by atoms with E-state index >= 15 is 0 Å². The van der Waals surface area contributed by atoms with Gasteiger partial charge in [-0.15, -0.1) is 0 Å². The maximum Gasteiger partial charge on any atom is 0.253 e. The van der Waals surface area contributed by atoms with Gasteiger partial charge >= 0.3 is 0 Å². The summed E-state index contributed by atoms with van der Waals surface area (Å²) in [5.74, 6) is 1.15. The van der Waals surface area contributed by atoms with Gasteiger partial charge in [-0.1, -0.05) is 6.07 Å². The third kappa shape index (κ3) is 5.25. The van der Waals surface area contributed by atoms with Crippen LogP contribution in [0.15, 0.2) is 42.5 Å². The Labute approximate surface area is 166 Å². The third-order valence-corrected chi connectivity index (χ3v) is 4.59. The second kappa shape index (κ2) is 10.3. The van der Waals surface area contributed by atoms with Crippen molar-refractivity contribution in [2.24, 2.45) is 0 Å². The Bertz CT molecular complexity index is 799. The number of carbonyl (C=O) groups excluding carboxylic acids is 2. The monoisotopic (exact) mass is 384 g/mol. The van der Waals surface area contributed by atoms with Crippen LogP contribution >= 0.6 is 0 Å². The summed E-state index contributed by atoms with van der Waals surface area (Å²) in [7, 11) is 3.19. The number of hydrogen-bond donors (Lipinski definition) is 1. The van der Waals surface area contributed by atoms with Gasteiger partial charge in [0.1, 0.15) is 0 Å². The molecule has 0 aliphatic carbocycles. The highest BCUT2D eigenvalue weighted by molar-refractivity contribution is 5.97. The van der Waals surface area contributed by atoms with Crippen molar-refractivity contribution in [3.63, 3.8) is 0 Å². The van der Waals surface area contributed by atoms with Gasteiger partial charge in [-0.3, -0.25) is 9.59 Å². The van der Waals surface area contributed by atoms with E-state index in [0.717, 1.165) is 5.56 Å². The third-order valence-electron chi connectivity index (χ3n) is 4.59. The average Bonchev–Trinajstić information content (AvgIpc) is 2.74. The Kier molecular flexibility index (Phi) is 7.87. The fraction of sp³-hybridized carbons (Fsp3) is 0.364. The van der Waals surface area contributed by atoms with Crippen LogP contribution in [-0.2, 0) is 6.42 Å². The Morgan fingerprint density at radius 1 is 0.893 bits per heavy atom. The van der Waals surface area contributed by atoms with E-state index in [-0.39, 0.29) is 11.8 Å². The van der Waals surface area contributed by atoms with E-state index in [1.165, 1.54) is 0 Å². The van der Waals surface area contributed by atoms with E-state index < -0.39 is 0 Å². The average molecular weight is 384 g/mol. The molecule has 6 nitrogen and oxygen atoms in total. The SMILES string of the molecule is CCN(CC)C(=O)c1ccc(C(=O)NCCc2ccc(OC)c(OC)c2)cc1. The largest absolute Gasteiger partial charge is 0.493 e. The molecule has 2 aromatic rings. The van der Waals surface area contributed by atoms with Gasteiger partial charge in [0.05, 0.1) is 14.2 Å². The first kappa shape index (κ1) is 21.3. The summed E-state index contributed by atoms with van der Waals surface area (Å²) in [6, 6.07) is 12.5. The highest BCUT2D eigenvalue weighted by Gasteiger charge is 2.13. The molecule has 0 aromatic heterocycles. The highest BCUT2D eigenvalue weighted by atomic mass is 16.5. The molecule has 0 unspecified atom stereocenters. The Hall–Kier alpha value is -3.02. The predicted molar refractivity (Wildman–Crippen MR) is 109 cm³/mol. The van der Waals surface area contributed by atoms with Crippen molar-refractivity contribution in [1.82, 2.24) is 10.2 Å². The van der Waals surface area contributed by atoms with Gasteiger partial charge in [0, 0.05) is 30.8 Å². The normalized spacial score (nSPS) is 10.3. The van der Waals surface area contributed by atoms with E-state index in [1.807, 2.05) is 32.0 Å². The minimum absolute atomic E-state index is 0.0228. The maximum absolute atomic E-state index is 12.3. The number of carbonyl (C=O) groups is 2. The summed E-state index contributed by atoms with van der Waals surface area (Å²) in [4.78, 5) is 26.4. The highest BCUT2D eigenvalue weighted by Crippen LogP contribution is 2.27. The number of nitrogens with one attached hydrogen (secondary N) is 1. The molecule has 150 valence electrons. The molecule has 0 radical (unpaired) electrons. The number of rotatable bonds is 9. The van der Waals surface area contributed by atoms with Gasteiger partial charge in [0.25, 0.3) is 11.8 Å². The minimum Gasteiger partial charge on any atom is -0.493 e. The zero-order valence-corrected chi connectivity index (χ0v) is 17.0. The Morgan fingerprint density at radius 2 is 1.50 bits per heavy atom. The zero-order chi connectivity index (χ0) is 20.5. The van der Waals surface area contributed by atoms with Crippen molar-refractivity contribution >= 4 is 11.8 Å². The van der Waals surface area contributed by atoms with Crippen molar-refractivity contribution in [2.45, 2.75) is 20.3 Å². The summed E-state index contributed by atoms with van der Waals surface area (Å²) in [5.41, 5.74) is 2.16. The summed E-state index contributed by atoms with van der Waals surface area (Å²) in [6.45, 7) is 5.71. The Morgan fingerprint density at radius 3 is 2.07 bits per heavy atom. The van der Waals surface area contributed by atoms with Crippen LogP contribution < -0.4 is 14.8 Å².